The molecule has 7 heteroatoms. The van der Waals surface area contributed by atoms with Gasteiger partial charge in [-0.1, -0.05) is 6.07 Å². The molecule has 0 atom stereocenters. The van der Waals surface area contributed by atoms with Crippen molar-refractivity contribution in [2.24, 2.45) is 0 Å². The molecule has 2 aromatic rings. The van der Waals surface area contributed by atoms with Crippen LogP contribution in [0, 0.1) is 6.92 Å². The van der Waals surface area contributed by atoms with E-state index in [1.54, 1.807) is 23.2 Å². The Balaban J connectivity index is 1.74. The minimum absolute atomic E-state index is 0.0492. The van der Waals surface area contributed by atoms with Gasteiger partial charge in [-0.15, -0.1) is 0 Å². The van der Waals surface area contributed by atoms with Crippen molar-refractivity contribution in [3.8, 4) is 0 Å². The van der Waals surface area contributed by atoms with Crippen LogP contribution in [0.25, 0.3) is 0 Å². The van der Waals surface area contributed by atoms with E-state index < -0.39 is 0 Å². The van der Waals surface area contributed by atoms with Crippen molar-refractivity contribution in [2.75, 3.05) is 31.5 Å². The van der Waals surface area contributed by atoms with Crippen LogP contribution < -0.4 is 10.6 Å². The van der Waals surface area contributed by atoms with E-state index in [9.17, 15) is 9.59 Å². The van der Waals surface area contributed by atoms with Crippen LogP contribution in [0.2, 0.25) is 0 Å². The fourth-order valence-corrected chi connectivity index (χ4v) is 2.96. The molecule has 1 aliphatic heterocycles. The van der Waals surface area contributed by atoms with Crippen molar-refractivity contribution in [1.29, 1.82) is 0 Å². The van der Waals surface area contributed by atoms with Gasteiger partial charge >= 0.3 is 0 Å². The van der Waals surface area contributed by atoms with Crippen LogP contribution >= 0.6 is 0 Å². The van der Waals surface area contributed by atoms with E-state index in [1.165, 1.54) is 0 Å². The number of hydrogen-bond acceptors (Lipinski definition) is 5. The van der Waals surface area contributed by atoms with Gasteiger partial charge in [0.1, 0.15) is 5.82 Å². The van der Waals surface area contributed by atoms with Crippen LogP contribution in [0.15, 0.2) is 36.5 Å². The van der Waals surface area contributed by atoms with E-state index in [-0.39, 0.29) is 18.4 Å². The Hall–Kier alpha value is -2.96. The Morgan fingerprint density at radius 1 is 1.11 bits per heavy atom. The minimum atomic E-state index is -0.173. The first-order chi connectivity index (χ1) is 13.1. The first-order valence-electron chi connectivity index (χ1n) is 9.30. The van der Waals surface area contributed by atoms with E-state index in [1.807, 2.05) is 25.1 Å². The summed E-state index contributed by atoms with van der Waals surface area (Å²) in [6, 6.07) is 9.47. The lowest BCUT2D eigenvalue weighted by molar-refractivity contribution is -0.121. The molecule has 0 saturated heterocycles. The average molecular weight is 367 g/mol. The van der Waals surface area contributed by atoms with Crippen LogP contribution in [-0.2, 0) is 11.2 Å². The zero-order chi connectivity index (χ0) is 19.1. The molecule has 0 unspecified atom stereocenters. The van der Waals surface area contributed by atoms with E-state index in [0.717, 1.165) is 43.0 Å². The van der Waals surface area contributed by atoms with Crippen molar-refractivity contribution in [3.63, 3.8) is 0 Å². The highest BCUT2D eigenvalue weighted by molar-refractivity contribution is 5.96. The summed E-state index contributed by atoms with van der Waals surface area (Å²) in [6.07, 6.45) is 3.83. The van der Waals surface area contributed by atoms with Crippen molar-refractivity contribution >= 4 is 17.6 Å². The Kier molecular flexibility index (Phi) is 6.35. The normalized spacial score (nSPS) is 16.0. The summed E-state index contributed by atoms with van der Waals surface area (Å²) in [5.41, 5.74) is 2.33. The fraction of sp³-hybridized carbons (Fsp3) is 0.400. The van der Waals surface area contributed by atoms with Crippen LogP contribution in [0.3, 0.4) is 0 Å². The van der Waals surface area contributed by atoms with Gasteiger partial charge < -0.3 is 15.5 Å². The Morgan fingerprint density at radius 2 is 1.96 bits per heavy atom. The monoisotopic (exact) mass is 367 g/mol. The predicted molar refractivity (Wildman–Crippen MR) is 104 cm³/mol. The highest BCUT2D eigenvalue weighted by atomic mass is 16.2. The molecule has 1 aliphatic rings. The molecule has 0 aliphatic carbocycles. The molecule has 3 rings (SSSR count). The summed E-state index contributed by atoms with van der Waals surface area (Å²) in [4.78, 5) is 35.5. The van der Waals surface area contributed by atoms with Crippen LogP contribution in [0.5, 0.6) is 0 Å². The molecular weight excluding hydrogens is 342 g/mol. The lowest BCUT2D eigenvalue weighted by Gasteiger charge is -2.22. The average Bonchev–Trinajstić information content (AvgIpc) is 2.67. The van der Waals surface area contributed by atoms with Gasteiger partial charge in [-0.25, -0.2) is 4.98 Å². The second-order valence-corrected chi connectivity index (χ2v) is 6.66. The summed E-state index contributed by atoms with van der Waals surface area (Å²) in [5, 5.41) is 6.15. The molecule has 3 heterocycles. The number of rotatable bonds is 1. The summed E-state index contributed by atoms with van der Waals surface area (Å²) >= 11 is 0. The number of amides is 2. The number of fused-ring (bicyclic) bond motifs is 2. The van der Waals surface area contributed by atoms with Gasteiger partial charge in [0.05, 0.1) is 12.1 Å². The predicted octanol–water partition coefficient (Wildman–Crippen LogP) is 1.79. The summed E-state index contributed by atoms with van der Waals surface area (Å²) in [7, 11) is 0. The molecule has 7 nitrogen and oxygen atoms in total. The van der Waals surface area contributed by atoms with Gasteiger partial charge in [0.2, 0.25) is 5.91 Å². The summed E-state index contributed by atoms with van der Waals surface area (Å²) in [5.74, 6) is 0.528. The molecule has 0 spiro atoms. The van der Waals surface area contributed by atoms with Gasteiger partial charge in [0.15, 0.2) is 0 Å². The second kappa shape index (κ2) is 9.12. The largest absolute Gasteiger partial charge is 0.370 e. The number of nitrogens with one attached hydrogen (secondary N) is 2. The fourth-order valence-electron chi connectivity index (χ4n) is 2.96. The Morgan fingerprint density at radius 3 is 2.78 bits per heavy atom. The highest BCUT2D eigenvalue weighted by Crippen LogP contribution is 2.10. The summed E-state index contributed by atoms with van der Waals surface area (Å²) < 4.78 is 0. The number of carbonyl (C=O) groups excluding carboxylic acids is 2. The number of aromatic nitrogens is 2. The number of aryl methyl sites for hydroxylation is 2. The molecule has 0 aromatic carbocycles. The maximum Gasteiger partial charge on any atom is 0.255 e. The third kappa shape index (κ3) is 5.51. The smallest absolute Gasteiger partial charge is 0.255 e. The highest BCUT2D eigenvalue weighted by Gasteiger charge is 2.19. The SMILES string of the molecule is Cc1ccc(C(=O)N2CCCc3cccc(n3)NCCCNC(=O)C2)cn1. The lowest BCUT2D eigenvalue weighted by atomic mass is 10.2. The number of hydrogen-bond donors (Lipinski definition) is 2. The Labute approximate surface area is 159 Å². The van der Waals surface area contributed by atoms with Crippen LogP contribution in [0.4, 0.5) is 5.82 Å². The second-order valence-electron chi connectivity index (χ2n) is 6.66. The quantitative estimate of drug-likeness (QED) is 0.802. The van der Waals surface area contributed by atoms with Gasteiger partial charge in [-0.3, -0.25) is 14.6 Å². The number of nitrogens with zero attached hydrogens (tertiary/aromatic N) is 3. The van der Waals surface area contributed by atoms with Crippen molar-refractivity contribution in [2.45, 2.75) is 26.2 Å². The Bertz CT molecular complexity index is 791. The van der Waals surface area contributed by atoms with Gasteiger partial charge in [-0.05, 0) is 50.5 Å². The zero-order valence-corrected chi connectivity index (χ0v) is 15.6. The number of pyridine rings is 2. The molecule has 0 fully saturated rings. The molecule has 27 heavy (non-hydrogen) atoms. The third-order valence-corrected chi connectivity index (χ3v) is 4.43. The molecule has 2 N–H and O–H groups in total. The molecule has 0 radical (unpaired) electrons. The standard InChI is InChI=1S/C20H25N5O2/c1-15-8-9-16(13-23-15)20(27)25-12-3-6-17-5-2-7-18(24-17)21-10-4-11-22-19(26)14-25/h2,5,7-9,13H,3-4,6,10-12,14H2,1H3,(H,21,24)(H,22,26). The van der Waals surface area contributed by atoms with E-state index in [2.05, 4.69) is 20.6 Å². The third-order valence-electron chi connectivity index (χ3n) is 4.43. The first kappa shape index (κ1) is 18.8. The van der Waals surface area contributed by atoms with E-state index in [4.69, 9.17) is 0 Å². The minimum Gasteiger partial charge on any atom is -0.370 e. The maximum atomic E-state index is 12.9. The van der Waals surface area contributed by atoms with E-state index in [0.29, 0.717) is 18.7 Å². The van der Waals surface area contributed by atoms with Crippen LogP contribution in [-0.4, -0.2) is 52.9 Å². The topological polar surface area (TPSA) is 87.2 Å². The zero-order valence-electron chi connectivity index (χ0n) is 15.6. The molecule has 2 aromatic heterocycles. The lowest BCUT2D eigenvalue weighted by Crippen LogP contribution is -2.42. The molecule has 2 bridgehead atoms. The van der Waals surface area contributed by atoms with Gasteiger partial charge in [0.25, 0.3) is 5.91 Å². The van der Waals surface area contributed by atoms with Gasteiger partial charge in [0, 0.05) is 37.2 Å². The molecule has 0 saturated carbocycles. The van der Waals surface area contributed by atoms with E-state index >= 15 is 0 Å². The van der Waals surface area contributed by atoms with Crippen molar-refractivity contribution < 1.29 is 9.59 Å². The molecule has 2 amide bonds. The maximum absolute atomic E-state index is 12.9. The van der Waals surface area contributed by atoms with Crippen molar-refractivity contribution in [3.05, 3.63) is 53.5 Å². The van der Waals surface area contributed by atoms with Crippen LogP contribution in [0.1, 0.15) is 34.6 Å². The molecular formula is C20H25N5O2. The van der Waals surface area contributed by atoms with Crippen molar-refractivity contribution in [1.82, 2.24) is 20.2 Å². The summed E-state index contributed by atoms with van der Waals surface area (Å²) in [6.45, 7) is 3.70. The first-order valence-corrected chi connectivity index (χ1v) is 9.30. The molecule has 142 valence electrons. The number of anilines is 1. The number of carbonyl (C=O) groups is 2. The van der Waals surface area contributed by atoms with Gasteiger partial charge in [-0.2, -0.15) is 0 Å².